The van der Waals surface area contributed by atoms with Gasteiger partial charge in [-0.15, -0.1) is 0 Å². The van der Waals surface area contributed by atoms with E-state index in [4.69, 9.17) is 15.5 Å². The van der Waals surface area contributed by atoms with Crippen LogP contribution in [0, 0.1) is 23.2 Å². The number of aromatic nitrogens is 2. The minimum absolute atomic E-state index is 0.132. The van der Waals surface area contributed by atoms with Crippen LogP contribution in [0.15, 0.2) is 54.7 Å². The van der Waals surface area contributed by atoms with Gasteiger partial charge < -0.3 is 36.0 Å². The second kappa shape index (κ2) is 13.5. The molecule has 12 nitrogen and oxygen atoms in total. The fraction of sp³-hybridized carbons (Fsp3) is 0.487. The number of allylic oxidation sites excluding steroid dienone is 1. The van der Waals surface area contributed by atoms with Crippen LogP contribution in [0.25, 0.3) is 5.57 Å². The Balaban J connectivity index is 0.947. The lowest BCUT2D eigenvalue weighted by molar-refractivity contribution is -0.139. The summed E-state index contributed by atoms with van der Waals surface area (Å²) in [6.07, 6.45) is 11.2. The Kier molecular flexibility index (Phi) is 8.83. The maximum atomic E-state index is 13.6. The van der Waals surface area contributed by atoms with Crippen LogP contribution in [0.1, 0.15) is 57.4 Å². The second-order valence-corrected chi connectivity index (χ2v) is 15.3. The quantitative estimate of drug-likeness (QED) is 0.234. The van der Waals surface area contributed by atoms with Crippen LogP contribution in [0.3, 0.4) is 0 Å². The molecule has 2 amide bonds. The number of hydrogen-bond acceptors (Lipinski definition) is 10. The van der Waals surface area contributed by atoms with Gasteiger partial charge in [-0.1, -0.05) is 6.07 Å². The number of nitrogens with zero attached hydrogens (tertiary/aromatic N) is 5. The number of nitrogens with one attached hydrogen (secondary N) is 2. The molecule has 1 atom stereocenters. The fourth-order valence-electron chi connectivity index (χ4n) is 9.88. The first-order chi connectivity index (χ1) is 24.7. The summed E-state index contributed by atoms with van der Waals surface area (Å²) in [6, 6.07) is 13.2. The van der Waals surface area contributed by atoms with Gasteiger partial charge in [-0.2, -0.15) is 4.98 Å². The Morgan fingerprint density at radius 2 is 1.73 bits per heavy atom. The van der Waals surface area contributed by atoms with E-state index in [9.17, 15) is 14.7 Å². The first kappa shape index (κ1) is 33.5. The highest BCUT2D eigenvalue weighted by Gasteiger charge is 2.51. The van der Waals surface area contributed by atoms with Crippen molar-refractivity contribution in [1.82, 2.24) is 14.9 Å². The zero-order valence-corrected chi connectivity index (χ0v) is 29.5. The number of amides is 2. The van der Waals surface area contributed by atoms with Gasteiger partial charge in [-0.25, -0.2) is 4.98 Å². The monoisotopic (exact) mass is 692 g/mol. The van der Waals surface area contributed by atoms with Gasteiger partial charge in [0.05, 0.1) is 19.3 Å². The lowest BCUT2D eigenvalue weighted by atomic mass is 9.49. The van der Waals surface area contributed by atoms with Gasteiger partial charge in [-0.3, -0.25) is 14.5 Å². The third-order valence-electron chi connectivity index (χ3n) is 11.8. The summed E-state index contributed by atoms with van der Waals surface area (Å²) in [4.78, 5) is 41.0. The molecular weight excluding hydrogens is 644 g/mol. The van der Waals surface area contributed by atoms with Crippen molar-refractivity contribution in [2.24, 2.45) is 28.9 Å². The van der Waals surface area contributed by atoms with Gasteiger partial charge in [0.15, 0.2) is 6.23 Å². The van der Waals surface area contributed by atoms with E-state index in [1.165, 1.54) is 38.5 Å². The average Bonchev–Trinajstić information content (AvgIpc) is 3.11. The van der Waals surface area contributed by atoms with Crippen molar-refractivity contribution in [3.8, 4) is 5.75 Å². The summed E-state index contributed by atoms with van der Waals surface area (Å²) >= 11 is 0. The van der Waals surface area contributed by atoms with E-state index in [2.05, 4.69) is 31.5 Å². The number of aliphatic hydroxyl groups is 1. The number of nitrogens with two attached hydrogens (primary N) is 1. The Morgan fingerprint density at radius 3 is 2.41 bits per heavy atom. The lowest BCUT2D eigenvalue weighted by Gasteiger charge is -2.57. The molecule has 12 heteroatoms. The molecule has 5 fully saturated rings. The molecule has 51 heavy (non-hydrogen) atoms. The second-order valence-electron chi connectivity index (χ2n) is 15.3. The predicted octanol–water partition coefficient (Wildman–Crippen LogP) is 5.25. The molecule has 2 aliphatic heterocycles. The number of rotatable bonds is 9. The molecule has 4 bridgehead atoms. The van der Waals surface area contributed by atoms with Crippen LogP contribution in [0.5, 0.6) is 5.75 Å². The van der Waals surface area contributed by atoms with E-state index in [1.54, 1.807) is 42.5 Å². The van der Waals surface area contributed by atoms with Gasteiger partial charge in [-0.05, 0) is 111 Å². The molecule has 1 unspecified atom stereocenters. The minimum atomic E-state index is -0.984. The molecule has 0 spiro atoms. The summed E-state index contributed by atoms with van der Waals surface area (Å²) in [5.41, 5.74) is 10.3. The van der Waals surface area contributed by atoms with Crippen molar-refractivity contribution in [1.29, 1.82) is 0 Å². The van der Waals surface area contributed by atoms with Crippen LogP contribution >= 0.6 is 0 Å². The molecule has 9 rings (SSSR count). The van der Waals surface area contributed by atoms with Crippen LogP contribution in [0.4, 0.5) is 34.5 Å². The van der Waals surface area contributed by atoms with E-state index in [0.717, 1.165) is 67.2 Å². The van der Waals surface area contributed by atoms with E-state index in [0.29, 0.717) is 40.5 Å². The number of piperazine rings is 1. The fourth-order valence-corrected chi connectivity index (χ4v) is 9.88. The number of anilines is 6. The molecule has 4 saturated carbocycles. The Labute approximate surface area is 299 Å². The van der Waals surface area contributed by atoms with Crippen LogP contribution < -0.4 is 30.9 Å². The molecule has 6 aliphatic rings. The standard InChI is InChI=1S/C39H48N8O4/c1-24-12-35(49)47(30-5-3-4-28(16-30)42-34(48)22-40)37-31(24)23-41-38(44-37)43-32-7-6-29(17-33(32)51-2)45-8-10-46(11-9-45)36(50)21-39-18-25-13-26(19-39)15-27(14-25)20-39/h3-7,12,16-17,23,25-27,35,49H,8-11,13-15,18-22,40H2,1-2H3,(H,42,48)(H,41,43,44). The summed E-state index contributed by atoms with van der Waals surface area (Å²) in [5.74, 6) is 4.12. The number of fused-ring (bicyclic) bond motifs is 1. The third kappa shape index (κ3) is 6.62. The zero-order chi connectivity index (χ0) is 35.3. The topological polar surface area (TPSA) is 149 Å². The van der Waals surface area contributed by atoms with E-state index in [-0.39, 0.29) is 17.9 Å². The SMILES string of the molecule is COc1cc(N2CCN(C(=O)CC34CC5CC(CC(C5)C3)C4)CC2)ccc1Nc1ncc2c(n1)N(c1cccc(NC(=O)CN)c1)C(O)C=C2C. The highest BCUT2D eigenvalue weighted by Crippen LogP contribution is 2.61. The van der Waals surface area contributed by atoms with Crippen molar-refractivity contribution in [2.45, 2.75) is 58.1 Å². The smallest absolute Gasteiger partial charge is 0.238 e. The van der Waals surface area contributed by atoms with E-state index in [1.807, 2.05) is 25.1 Å². The van der Waals surface area contributed by atoms with Crippen molar-refractivity contribution in [3.05, 3.63) is 60.3 Å². The van der Waals surface area contributed by atoms with Crippen LogP contribution in [-0.2, 0) is 9.59 Å². The normalized spacial score (nSPS) is 26.4. The van der Waals surface area contributed by atoms with Crippen molar-refractivity contribution < 1.29 is 19.4 Å². The van der Waals surface area contributed by atoms with E-state index >= 15 is 0 Å². The number of benzene rings is 2. The lowest BCUT2D eigenvalue weighted by Crippen LogP contribution is -2.52. The van der Waals surface area contributed by atoms with Crippen LogP contribution in [0.2, 0.25) is 0 Å². The zero-order valence-electron chi connectivity index (χ0n) is 29.5. The summed E-state index contributed by atoms with van der Waals surface area (Å²) in [7, 11) is 1.64. The van der Waals surface area contributed by atoms with Crippen molar-refractivity contribution >= 4 is 51.9 Å². The summed E-state index contributed by atoms with van der Waals surface area (Å²) in [5, 5.41) is 17.2. The molecular formula is C39H48N8O4. The Hall–Kier alpha value is -4.68. The Morgan fingerprint density at radius 1 is 1.00 bits per heavy atom. The molecule has 0 radical (unpaired) electrons. The predicted molar refractivity (Wildman–Crippen MR) is 198 cm³/mol. The molecule has 3 aromatic rings. The summed E-state index contributed by atoms with van der Waals surface area (Å²) < 4.78 is 5.82. The van der Waals surface area contributed by atoms with Gasteiger partial charge in [0.2, 0.25) is 17.8 Å². The van der Waals surface area contributed by atoms with Crippen molar-refractivity contribution in [2.75, 3.05) is 60.3 Å². The number of methoxy groups -OCH3 is 1. The Bertz CT molecular complexity index is 1820. The third-order valence-corrected chi connectivity index (χ3v) is 11.8. The maximum Gasteiger partial charge on any atom is 0.238 e. The van der Waals surface area contributed by atoms with Gasteiger partial charge >= 0.3 is 0 Å². The van der Waals surface area contributed by atoms with Crippen molar-refractivity contribution in [3.63, 3.8) is 0 Å². The van der Waals surface area contributed by atoms with Crippen LogP contribution in [-0.4, -0.2) is 77.9 Å². The molecule has 5 N–H and O–H groups in total. The van der Waals surface area contributed by atoms with Gasteiger partial charge in [0, 0.05) is 67.5 Å². The molecule has 1 aromatic heterocycles. The largest absolute Gasteiger partial charge is 0.494 e. The molecule has 3 heterocycles. The number of hydrogen-bond donors (Lipinski definition) is 4. The maximum absolute atomic E-state index is 13.6. The van der Waals surface area contributed by atoms with Gasteiger partial charge in [0.1, 0.15) is 11.6 Å². The molecule has 4 aliphatic carbocycles. The minimum Gasteiger partial charge on any atom is -0.494 e. The number of carbonyl (C=O) groups is 2. The highest BCUT2D eigenvalue weighted by molar-refractivity contribution is 5.93. The first-order valence-electron chi connectivity index (χ1n) is 18.3. The molecule has 268 valence electrons. The van der Waals surface area contributed by atoms with E-state index < -0.39 is 6.23 Å². The number of carbonyl (C=O) groups excluding carboxylic acids is 2. The summed E-state index contributed by atoms with van der Waals surface area (Å²) in [6.45, 7) is 4.79. The average molecular weight is 693 g/mol. The number of aliphatic hydroxyl groups excluding tert-OH is 1. The van der Waals surface area contributed by atoms with Gasteiger partial charge in [0.25, 0.3) is 0 Å². The molecule has 1 saturated heterocycles. The molecule has 2 aromatic carbocycles. The highest BCUT2D eigenvalue weighted by atomic mass is 16.5. The first-order valence-corrected chi connectivity index (χ1v) is 18.3. The number of ether oxygens (including phenoxy) is 1.